The highest BCUT2D eigenvalue weighted by molar-refractivity contribution is 6.32. The Labute approximate surface area is 141 Å². The van der Waals surface area contributed by atoms with E-state index in [0.717, 1.165) is 35.8 Å². The normalized spacial score (nSPS) is 31.8. The number of nitrogens with one attached hydrogen (secondary N) is 3. The second-order valence-corrected chi connectivity index (χ2v) is 7.88. The predicted molar refractivity (Wildman–Crippen MR) is 91.7 cm³/mol. The molecule has 124 valence electrons. The molecule has 3 heterocycles. The number of carbonyl (C=O) groups excluding carboxylic acids is 1. The molecule has 0 radical (unpaired) electrons. The number of hydrazine groups is 1. The Bertz CT molecular complexity index is 647. The number of fused-ring (bicyclic) bond motifs is 2. The maximum Gasteiger partial charge on any atom is 0.245 e. The summed E-state index contributed by atoms with van der Waals surface area (Å²) in [5.41, 5.74) is 8.46. The molecule has 1 aromatic carbocycles. The molecule has 4 rings (SSSR count). The van der Waals surface area contributed by atoms with Crippen LogP contribution in [0.15, 0.2) is 18.2 Å². The van der Waals surface area contributed by atoms with Gasteiger partial charge in [0.15, 0.2) is 0 Å². The molecule has 1 amide bonds. The van der Waals surface area contributed by atoms with Crippen molar-refractivity contribution in [3.8, 4) is 0 Å². The Hall–Kier alpha value is -1.14. The van der Waals surface area contributed by atoms with E-state index in [1.165, 1.54) is 0 Å². The van der Waals surface area contributed by atoms with Gasteiger partial charge in [-0.25, -0.2) is 5.43 Å². The van der Waals surface area contributed by atoms with E-state index in [2.05, 4.69) is 30.0 Å². The predicted octanol–water partition coefficient (Wildman–Crippen LogP) is 1.42. The van der Waals surface area contributed by atoms with Gasteiger partial charge in [-0.15, -0.1) is 0 Å². The molecule has 0 spiro atoms. The summed E-state index contributed by atoms with van der Waals surface area (Å²) in [6.45, 7) is 6.85. The number of rotatable bonds is 1. The Morgan fingerprint density at radius 3 is 3.00 bits per heavy atom. The maximum atomic E-state index is 13.2. The van der Waals surface area contributed by atoms with E-state index in [9.17, 15) is 4.79 Å². The van der Waals surface area contributed by atoms with Gasteiger partial charge >= 0.3 is 0 Å². The highest BCUT2D eigenvalue weighted by atomic mass is 35.5. The van der Waals surface area contributed by atoms with Crippen LogP contribution in [-0.2, 0) is 10.2 Å². The molecule has 0 aliphatic carbocycles. The zero-order chi connectivity index (χ0) is 16.2. The molecule has 23 heavy (non-hydrogen) atoms. The molecule has 3 unspecified atom stereocenters. The van der Waals surface area contributed by atoms with E-state index >= 15 is 0 Å². The topological polar surface area (TPSA) is 56.4 Å². The van der Waals surface area contributed by atoms with Crippen LogP contribution in [0.3, 0.4) is 0 Å². The number of piperidine rings is 1. The average Bonchev–Trinajstić information content (AvgIpc) is 3.06. The third-order valence-corrected chi connectivity index (χ3v) is 5.74. The van der Waals surface area contributed by atoms with Crippen molar-refractivity contribution >= 4 is 23.2 Å². The van der Waals surface area contributed by atoms with Gasteiger partial charge in [0, 0.05) is 46.7 Å². The molecule has 3 atom stereocenters. The molecule has 0 saturated carbocycles. The summed E-state index contributed by atoms with van der Waals surface area (Å²) in [4.78, 5) is 15.1. The molecule has 6 heteroatoms. The molecule has 2 fully saturated rings. The molecule has 0 bridgehead atoms. The van der Waals surface area contributed by atoms with Gasteiger partial charge in [0.1, 0.15) is 6.04 Å². The number of carbonyl (C=O) groups is 1. The van der Waals surface area contributed by atoms with E-state index < -0.39 is 0 Å². The van der Waals surface area contributed by atoms with Crippen LogP contribution < -0.4 is 21.1 Å². The number of anilines is 1. The van der Waals surface area contributed by atoms with Crippen molar-refractivity contribution in [3.63, 3.8) is 0 Å². The smallest absolute Gasteiger partial charge is 0.245 e. The molecule has 3 N–H and O–H groups in total. The molecule has 0 aromatic heterocycles. The van der Waals surface area contributed by atoms with Crippen LogP contribution in [-0.4, -0.2) is 37.6 Å². The lowest BCUT2D eigenvalue weighted by Crippen LogP contribution is -2.51. The Kier molecular flexibility index (Phi) is 3.65. The number of halogens is 1. The summed E-state index contributed by atoms with van der Waals surface area (Å²) in [6, 6.07) is 6.03. The maximum absolute atomic E-state index is 13.2. The zero-order valence-electron chi connectivity index (χ0n) is 13.5. The summed E-state index contributed by atoms with van der Waals surface area (Å²) < 4.78 is 0. The minimum atomic E-state index is -0.187. The van der Waals surface area contributed by atoms with Gasteiger partial charge in [-0.3, -0.25) is 10.2 Å². The van der Waals surface area contributed by atoms with Crippen LogP contribution in [0.1, 0.15) is 25.8 Å². The van der Waals surface area contributed by atoms with Crippen LogP contribution in [0.25, 0.3) is 0 Å². The lowest BCUT2D eigenvalue weighted by atomic mass is 9.87. The fourth-order valence-electron chi connectivity index (χ4n) is 4.29. The van der Waals surface area contributed by atoms with Crippen molar-refractivity contribution in [3.05, 3.63) is 28.8 Å². The quantitative estimate of drug-likeness (QED) is 0.727. The highest BCUT2D eigenvalue weighted by Gasteiger charge is 2.47. The Morgan fingerprint density at radius 2 is 2.17 bits per heavy atom. The second-order valence-electron chi connectivity index (χ2n) is 7.47. The van der Waals surface area contributed by atoms with E-state index in [1.54, 1.807) is 0 Å². The van der Waals surface area contributed by atoms with E-state index in [1.807, 2.05) is 23.1 Å². The molecular weight excluding hydrogens is 312 g/mol. The minimum Gasteiger partial charge on any atom is -0.316 e. The number of nitrogens with zero attached hydrogens (tertiary/aromatic N) is 1. The van der Waals surface area contributed by atoms with Crippen LogP contribution in [0.4, 0.5) is 5.69 Å². The van der Waals surface area contributed by atoms with E-state index in [4.69, 9.17) is 11.6 Å². The summed E-state index contributed by atoms with van der Waals surface area (Å²) >= 11 is 6.42. The van der Waals surface area contributed by atoms with Gasteiger partial charge in [0.25, 0.3) is 0 Å². The van der Waals surface area contributed by atoms with Gasteiger partial charge in [-0.1, -0.05) is 31.5 Å². The first-order valence-electron chi connectivity index (χ1n) is 8.31. The molecule has 2 saturated heterocycles. The summed E-state index contributed by atoms with van der Waals surface area (Å²) in [5.74, 6) is 0.436. The van der Waals surface area contributed by atoms with Crippen LogP contribution >= 0.6 is 11.6 Å². The van der Waals surface area contributed by atoms with E-state index in [0.29, 0.717) is 18.5 Å². The average molecular weight is 335 g/mol. The number of hydrogen-bond acceptors (Lipinski definition) is 4. The van der Waals surface area contributed by atoms with E-state index in [-0.39, 0.29) is 17.4 Å². The van der Waals surface area contributed by atoms with Crippen LogP contribution in [0, 0.1) is 5.92 Å². The van der Waals surface area contributed by atoms with Crippen molar-refractivity contribution in [2.45, 2.75) is 37.8 Å². The number of benzene rings is 1. The minimum absolute atomic E-state index is 0.125. The molecule has 3 aliphatic rings. The van der Waals surface area contributed by atoms with Gasteiger partial charge in [0.05, 0.1) is 0 Å². The highest BCUT2D eigenvalue weighted by Crippen LogP contribution is 2.44. The Balaban J connectivity index is 1.65. The largest absolute Gasteiger partial charge is 0.316 e. The summed E-state index contributed by atoms with van der Waals surface area (Å²) in [5, 5.41) is 4.15. The summed E-state index contributed by atoms with van der Waals surface area (Å²) in [6.07, 6.45) is 1.05. The molecule has 5 nitrogen and oxygen atoms in total. The SMILES string of the molecule is CC1(C)CN(C(=O)C2NNC3CCNCC32)c2cccc(Cl)c21. The first kappa shape index (κ1) is 15.4. The van der Waals surface area contributed by atoms with Crippen molar-refractivity contribution < 1.29 is 4.79 Å². The van der Waals surface area contributed by atoms with Crippen molar-refractivity contribution in [2.24, 2.45) is 5.92 Å². The van der Waals surface area contributed by atoms with Crippen LogP contribution in [0.5, 0.6) is 0 Å². The third-order valence-electron chi connectivity index (χ3n) is 5.43. The van der Waals surface area contributed by atoms with Gasteiger partial charge in [0.2, 0.25) is 5.91 Å². The standard InChI is InChI=1S/C17H23ClN4O/c1-17(2)9-22(13-5-3-4-11(18)14(13)17)16(23)15-10-8-19-7-6-12(10)20-21-15/h3-5,10,12,15,19-21H,6-9H2,1-2H3. The lowest BCUT2D eigenvalue weighted by molar-refractivity contribution is -0.121. The fraction of sp³-hybridized carbons (Fsp3) is 0.588. The third kappa shape index (κ3) is 2.38. The number of hydrogen-bond donors (Lipinski definition) is 3. The summed E-state index contributed by atoms with van der Waals surface area (Å²) in [7, 11) is 0. The molecule has 3 aliphatic heterocycles. The lowest BCUT2D eigenvalue weighted by Gasteiger charge is -2.30. The second kappa shape index (κ2) is 5.45. The van der Waals surface area contributed by atoms with Crippen molar-refractivity contribution in [1.82, 2.24) is 16.2 Å². The molecular formula is C17H23ClN4O. The zero-order valence-corrected chi connectivity index (χ0v) is 14.3. The van der Waals surface area contributed by atoms with Crippen molar-refractivity contribution in [1.29, 1.82) is 0 Å². The monoisotopic (exact) mass is 334 g/mol. The van der Waals surface area contributed by atoms with Crippen LogP contribution in [0.2, 0.25) is 5.02 Å². The molecule has 1 aromatic rings. The van der Waals surface area contributed by atoms with Gasteiger partial charge in [-0.2, -0.15) is 0 Å². The van der Waals surface area contributed by atoms with Crippen molar-refractivity contribution in [2.75, 3.05) is 24.5 Å². The number of amides is 1. The first-order chi connectivity index (χ1) is 11.0. The fourth-order valence-corrected chi connectivity index (χ4v) is 4.72. The van der Waals surface area contributed by atoms with Gasteiger partial charge < -0.3 is 10.2 Å². The Morgan fingerprint density at radius 1 is 1.35 bits per heavy atom. The van der Waals surface area contributed by atoms with Gasteiger partial charge in [-0.05, 0) is 25.1 Å². The first-order valence-corrected chi connectivity index (χ1v) is 8.69.